The van der Waals surface area contributed by atoms with E-state index in [1.54, 1.807) is 7.11 Å². The third kappa shape index (κ3) is 1.29. The van der Waals surface area contributed by atoms with E-state index >= 15 is 0 Å². The molecular weight excluding hydrogens is 124 g/mol. The maximum atomic E-state index is 5.25. The van der Waals surface area contributed by atoms with Gasteiger partial charge in [-0.1, -0.05) is 30.7 Å². The Morgan fingerprint density at radius 1 is 1.50 bits per heavy atom. The number of ether oxygens (including phenoxy) is 1. The molecule has 2 unspecified atom stereocenters. The molecule has 1 heteroatoms. The van der Waals surface area contributed by atoms with Crippen molar-refractivity contribution in [3.63, 3.8) is 0 Å². The van der Waals surface area contributed by atoms with Gasteiger partial charge in [-0.3, -0.25) is 0 Å². The van der Waals surface area contributed by atoms with Crippen molar-refractivity contribution in [3.05, 3.63) is 23.8 Å². The highest BCUT2D eigenvalue weighted by Gasteiger charge is 2.16. The molecule has 0 heterocycles. The van der Waals surface area contributed by atoms with Gasteiger partial charge in [0.25, 0.3) is 0 Å². The van der Waals surface area contributed by atoms with E-state index in [1.165, 1.54) is 5.57 Å². The van der Waals surface area contributed by atoms with E-state index in [2.05, 4.69) is 32.1 Å². The van der Waals surface area contributed by atoms with Crippen molar-refractivity contribution < 1.29 is 4.74 Å². The number of methoxy groups -OCH3 is 1. The first-order valence-corrected chi connectivity index (χ1v) is 3.63. The topological polar surface area (TPSA) is 9.23 Å². The first-order valence-electron chi connectivity index (χ1n) is 3.63. The molecule has 0 aromatic rings. The molecule has 0 bridgehead atoms. The predicted octanol–water partition coefficient (Wildman–Crippen LogP) is 2.15. The Balaban J connectivity index is 2.68. The molecule has 0 saturated carbocycles. The fourth-order valence-electron chi connectivity index (χ4n) is 1.18. The second-order valence-electron chi connectivity index (χ2n) is 2.78. The van der Waals surface area contributed by atoms with Gasteiger partial charge in [-0.25, -0.2) is 0 Å². The van der Waals surface area contributed by atoms with E-state index in [-0.39, 0.29) is 6.10 Å². The monoisotopic (exact) mass is 138 g/mol. The Morgan fingerprint density at radius 2 is 2.20 bits per heavy atom. The fraction of sp³-hybridized carbons (Fsp3) is 0.556. The van der Waals surface area contributed by atoms with Crippen molar-refractivity contribution >= 4 is 0 Å². The van der Waals surface area contributed by atoms with E-state index in [0.29, 0.717) is 5.92 Å². The highest BCUT2D eigenvalue weighted by atomic mass is 16.5. The molecule has 1 nitrogen and oxygen atoms in total. The second kappa shape index (κ2) is 3.02. The van der Waals surface area contributed by atoms with Crippen LogP contribution in [0.15, 0.2) is 23.8 Å². The standard InChI is InChI=1S/C9H14O/c1-7-5-4-6-9(10-3)8(7)2/h4-6,8-9H,1-3H3. The van der Waals surface area contributed by atoms with Gasteiger partial charge in [0.2, 0.25) is 0 Å². The third-order valence-corrected chi connectivity index (χ3v) is 2.14. The second-order valence-corrected chi connectivity index (χ2v) is 2.78. The zero-order valence-corrected chi connectivity index (χ0v) is 6.79. The molecule has 0 amide bonds. The summed E-state index contributed by atoms with van der Waals surface area (Å²) in [6, 6.07) is 0. The molecule has 0 N–H and O–H groups in total. The molecule has 10 heavy (non-hydrogen) atoms. The average Bonchev–Trinajstić information content (AvgIpc) is 1.95. The summed E-state index contributed by atoms with van der Waals surface area (Å²) in [6.07, 6.45) is 6.58. The lowest BCUT2D eigenvalue weighted by molar-refractivity contribution is 0.108. The van der Waals surface area contributed by atoms with Crippen LogP contribution in [-0.4, -0.2) is 13.2 Å². The van der Waals surface area contributed by atoms with Crippen LogP contribution in [-0.2, 0) is 4.74 Å². The van der Waals surface area contributed by atoms with E-state index < -0.39 is 0 Å². The predicted molar refractivity (Wildman–Crippen MR) is 42.9 cm³/mol. The summed E-state index contributed by atoms with van der Waals surface area (Å²) >= 11 is 0. The van der Waals surface area contributed by atoms with Crippen molar-refractivity contribution in [2.75, 3.05) is 7.11 Å². The van der Waals surface area contributed by atoms with E-state index in [0.717, 1.165) is 0 Å². The normalized spacial score (nSPS) is 32.1. The van der Waals surface area contributed by atoms with Gasteiger partial charge in [-0.15, -0.1) is 0 Å². The van der Waals surface area contributed by atoms with Crippen molar-refractivity contribution in [1.29, 1.82) is 0 Å². The minimum absolute atomic E-state index is 0.282. The summed E-state index contributed by atoms with van der Waals surface area (Å²) in [5, 5.41) is 0. The maximum absolute atomic E-state index is 5.25. The van der Waals surface area contributed by atoms with Gasteiger partial charge in [0.05, 0.1) is 6.10 Å². The lowest BCUT2D eigenvalue weighted by Gasteiger charge is -2.22. The van der Waals surface area contributed by atoms with Crippen LogP contribution in [0.25, 0.3) is 0 Å². The van der Waals surface area contributed by atoms with Gasteiger partial charge < -0.3 is 4.74 Å². The lowest BCUT2D eigenvalue weighted by Crippen LogP contribution is -2.20. The molecule has 0 saturated heterocycles. The molecule has 0 radical (unpaired) electrons. The first-order chi connectivity index (χ1) is 4.75. The van der Waals surface area contributed by atoms with Crippen LogP contribution in [0.1, 0.15) is 13.8 Å². The smallest absolute Gasteiger partial charge is 0.0817 e. The third-order valence-electron chi connectivity index (χ3n) is 2.14. The van der Waals surface area contributed by atoms with Crippen LogP contribution in [0.3, 0.4) is 0 Å². The van der Waals surface area contributed by atoms with E-state index in [9.17, 15) is 0 Å². The van der Waals surface area contributed by atoms with Crippen LogP contribution in [0.4, 0.5) is 0 Å². The Labute approximate surface area is 62.4 Å². The highest BCUT2D eigenvalue weighted by molar-refractivity contribution is 5.21. The van der Waals surface area contributed by atoms with Gasteiger partial charge >= 0.3 is 0 Å². The average molecular weight is 138 g/mol. The molecule has 1 rings (SSSR count). The summed E-state index contributed by atoms with van der Waals surface area (Å²) < 4.78 is 5.25. The SMILES string of the molecule is COC1C=CC=C(C)C1C. The van der Waals surface area contributed by atoms with Crippen molar-refractivity contribution in [3.8, 4) is 0 Å². The minimum atomic E-state index is 0.282. The minimum Gasteiger partial charge on any atom is -0.377 e. The Kier molecular flexibility index (Phi) is 2.28. The van der Waals surface area contributed by atoms with Crippen LogP contribution < -0.4 is 0 Å². The van der Waals surface area contributed by atoms with Gasteiger partial charge in [-0.2, -0.15) is 0 Å². The quantitative estimate of drug-likeness (QED) is 0.539. The van der Waals surface area contributed by atoms with Gasteiger partial charge in [0, 0.05) is 13.0 Å². The van der Waals surface area contributed by atoms with Gasteiger partial charge in [-0.05, 0) is 6.92 Å². The fourth-order valence-corrected chi connectivity index (χ4v) is 1.18. The van der Waals surface area contributed by atoms with Gasteiger partial charge in [0.1, 0.15) is 0 Å². The van der Waals surface area contributed by atoms with Crippen molar-refractivity contribution in [2.45, 2.75) is 20.0 Å². The molecule has 1 aliphatic rings. The Hall–Kier alpha value is -0.560. The maximum Gasteiger partial charge on any atom is 0.0817 e. The number of hydrogen-bond acceptors (Lipinski definition) is 1. The summed E-state index contributed by atoms with van der Waals surface area (Å²) in [4.78, 5) is 0. The molecule has 0 spiro atoms. The molecule has 0 aliphatic heterocycles. The van der Waals surface area contributed by atoms with Crippen LogP contribution in [0.5, 0.6) is 0 Å². The Bertz CT molecular complexity index is 168. The molecule has 1 aliphatic carbocycles. The molecule has 56 valence electrons. The highest BCUT2D eigenvalue weighted by Crippen LogP contribution is 2.21. The molecule has 0 aromatic carbocycles. The van der Waals surface area contributed by atoms with E-state index in [4.69, 9.17) is 4.74 Å². The van der Waals surface area contributed by atoms with Crippen molar-refractivity contribution in [1.82, 2.24) is 0 Å². The Morgan fingerprint density at radius 3 is 2.70 bits per heavy atom. The molecule has 2 atom stereocenters. The summed E-state index contributed by atoms with van der Waals surface area (Å²) in [5.41, 5.74) is 1.40. The largest absolute Gasteiger partial charge is 0.377 e. The van der Waals surface area contributed by atoms with Crippen molar-refractivity contribution in [2.24, 2.45) is 5.92 Å². The molecule has 0 aromatic heterocycles. The number of allylic oxidation sites excluding steroid dienone is 2. The lowest BCUT2D eigenvalue weighted by atomic mass is 9.92. The van der Waals surface area contributed by atoms with Crippen LogP contribution in [0, 0.1) is 5.92 Å². The molecular formula is C9H14O. The zero-order valence-electron chi connectivity index (χ0n) is 6.79. The summed E-state index contributed by atoms with van der Waals surface area (Å²) in [6.45, 7) is 4.32. The molecule has 0 fully saturated rings. The van der Waals surface area contributed by atoms with Gasteiger partial charge in [0.15, 0.2) is 0 Å². The number of hydrogen-bond donors (Lipinski definition) is 0. The van der Waals surface area contributed by atoms with Crippen LogP contribution in [0.2, 0.25) is 0 Å². The summed E-state index contributed by atoms with van der Waals surface area (Å²) in [5.74, 6) is 0.537. The van der Waals surface area contributed by atoms with Crippen LogP contribution >= 0.6 is 0 Å². The van der Waals surface area contributed by atoms with E-state index in [1.807, 2.05) is 0 Å². The number of rotatable bonds is 1. The first kappa shape index (κ1) is 7.55. The zero-order chi connectivity index (χ0) is 7.56. The summed E-state index contributed by atoms with van der Waals surface area (Å²) in [7, 11) is 1.75.